The highest BCUT2D eigenvalue weighted by Gasteiger charge is 2.21. The number of carbonyl (C=O) groups is 2. The van der Waals surface area contributed by atoms with Gasteiger partial charge in [0, 0.05) is 11.1 Å². The molecule has 2 rings (SSSR count). The van der Waals surface area contributed by atoms with Gasteiger partial charge in [-0.3, -0.25) is 9.57 Å². The van der Waals surface area contributed by atoms with E-state index < -0.39 is 11.9 Å². The molecule has 0 saturated heterocycles. The Hall–Kier alpha value is -2.38. The van der Waals surface area contributed by atoms with E-state index in [1.807, 2.05) is 0 Å². The molecule has 1 heterocycles. The number of aromatic nitrogens is 2. The lowest BCUT2D eigenvalue weighted by Gasteiger charge is -2.07. The van der Waals surface area contributed by atoms with Gasteiger partial charge in [-0.1, -0.05) is 29.8 Å². The number of nitrogens with zero attached hydrogens (tertiary/aromatic N) is 2. The summed E-state index contributed by atoms with van der Waals surface area (Å²) in [7, 11) is 1.17. The van der Waals surface area contributed by atoms with Crippen molar-refractivity contribution in [2.75, 3.05) is 7.11 Å². The van der Waals surface area contributed by atoms with Crippen molar-refractivity contribution in [1.82, 2.24) is 9.78 Å². The summed E-state index contributed by atoms with van der Waals surface area (Å²) in [5.74, 6) is -2.09. The van der Waals surface area contributed by atoms with Crippen LogP contribution in [0.1, 0.15) is 26.5 Å². The summed E-state index contributed by atoms with van der Waals surface area (Å²) in [5, 5.41) is 13.3. The Balaban J connectivity index is 2.39. The van der Waals surface area contributed by atoms with E-state index in [2.05, 4.69) is 14.9 Å². The Bertz CT molecular complexity index is 683. The molecule has 0 atom stereocenters. The first-order valence-corrected chi connectivity index (χ1v) is 6.20. The second kappa shape index (κ2) is 6.38. The van der Waals surface area contributed by atoms with Crippen molar-refractivity contribution in [2.24, 2.45) is 0 Å². The number of carboxylic acid groups (broad SMARTS) is 1. The number of carboxylic acids is 1. The zero-order valence-electron chi connectivity index (χ0n) is 10.9. The lowest BCUT2D eigenvalue weighted by Crippen LogP contribution is -2.14. The minimum absolute atomic E-state index is 0.0471. The summed E-state index contributed by atoms with van der Waals surface area (Å²) < 4.78 is 1.20. The van der Waals surface area contributed by atoms with Gasteiger partial charge < -0.3 is 5.11 Å². The van der Waals surface area contributed by atoms with Crippen LogP contribution in [0.15, 0.2) is 30.3 Å². The van der Waals surface area contributed by atoms with Crippen molar-refractivity contribution in [2.45, 2.75) is 6.54 Å². The van der Waals surface area contributed by atoms with E-state index in [0.29, 0.717) is 10.6 Å². The maximum Gasteiger partial charge on any atom is 0.390 e. The van der Waals surface area contributed by atoms with E-state index in [0.717, 1.165) is 6.07 Å². The molecule has 0 aliphatic heterocycles. The van der Waals surface area contributed by atoms with Gasteiger partial charge in [0.1, 0.15) is 0 Å². The molecule has 0 radical (unpaired) electrons. The van der Waals surface area contributed by atoms with E-state index in [1.54, 1.807) is 24.3 Å². The molecule has 0 amide bonds. The molecular formula is C13H11ClN2O5. The molecule has 21 heavy (non-hydrogen) atoms. The van der Waals surface area contributed by atoms with Gasteiger partial charge in [0.15, 0.2) is 11.4 Å². The minimum Gasteiger partial charge on any atom is -0.476 e. The summed E-state index contributed by atoms with van der Waals surface area (Å²) in [5.41, 5.74) is 0.366. The Morgan fingerprint density at radius 1 is 1.38 bits per heavy atom. The largest absolute Gasteiger partial charge is 0.476 e. The van der Waals surface area contributed by atoms with Crippen molar-refractivity contribution in [1.29, 1.82) is 0 Å². The van der Waals surface area contributed by atoms with Gasteiger partial charge in [-0.2, -0.15) is 9.99 Å². The second-order valence-electron chi connectivity index (χ2n) is 4.01. The lowest BCUT2D eigenvalue weighted by molar-refractivity contribution is -0.216. The van der Waals surface area contributed by atoms with E-state index in [-0.39, 0.29) is 17.9 Å². The molecule has 1 aromatic carbocycles. The third kappa shape index (κ3) is 3.39. The quantitative estimate of drug-likeness (QED) is 0.671. The lowest BCUT2D eigenvalue weighted by atomic mass is 10.2. The average molecular weight is 311 g/mol. The van der Waals surface area contributed by atoms with Gasteiger partial charge in [-0.15, -0.1) is 0 Å². The molecule has 0 aliphatic carbocycles. The van der Waals surface area contributed by atoms with Crippen LogP contribution in [0, 0.1) is 0 Å². The predicted molar refractivity (Wildman–Crippen MR) is 72.2 cm³/mol. The molecule has 0 aliphatic rings. The number of carbonyl (C=O) groups excluding carboxylic acids is 1. The maximum absolute atomic E-state index is 11.7. The predicted octanol–water partition coefficient (Wildman–Crippen LogP) is 2.00. The first-order valence-electron chi connectivity index (χ1n) is 5.82. The van der Waals surface area contributed by atoms with Gasteiger partial charge in [0.25, 0.3) is 0 Å². The SMILES string of the molecule is COOC(=O)c1cc(C(=O)O)nn1Cc1ccccc1Cl. The fourth-order valence-electron chi connectivity index (χ4n) is 1.71. The van der Waals surface area contributed by atoms with E-state index in [9.17, 15) is 9.59 Å². The summed E-state index contributed by atoms with van der Waals surface area (Å²) in [6.07, 6.45) is 0. The van der Waals surface area contributed by atoms with E-state index >= 15 is 0 Å². The Labute approximate surface area is 124 Å². The summed E-state index contributed by atoms with van der Waals surface area (Å²) in [4.78, 5) is 31.4. The summed E-state index contributed by atoms with van der Waals surface area (Å²) >= 11 is 6.04. The standard InChI is InChI=1S/C13H11ClN2O5/c1-20-21-13(19)11-6-10(12(17)18)15-16(11)7-8-4-2-3-5-9(8)14/h2-6H,7H2,1H3,(H,17,18). The molecule has 1 N–H and O–H groups in total. The van der Waals surface area contributed by atoms with E-state index in [1.165, 1.54) is 11.8 Å². The highest BCUT2D eigenvalue weighted by molar-refractivity contribution is 6.31. The zero-order valence-corrected chi connectivity index (χ0v) is 11.7. The average Bonchev–Trinajstić information content (AvgIpc) is 2.86. The Morgan fingerprint density at radius 2 is 2.10 bits per heavy atom. The van der Waals surface area contributed by atoms with Crippen molar-refractivity contribution in [3.63, 3.8) is 0 Å². The van der Waals surface area contributed by atoms with Gasteiger partial charge in [-0.25, -0.2) is 9.59 Å². The van der Waals surface area contributed by atoms with Crippen LogP contribution in [0.2, 0.25) is 5.02 Å². The van der Waals surface area contributed by atoms with Crippen molar-refractivity contribution in [3.05, 3.63) is 52.3 Å². The fourth-order valence-corrected chi connectivity index (χ4v) is 1.91. The molecule has 0 saturated carbocycles. The maximum atomic E-state index is 11.7. The first-order chi connectivity index (χ1) is 10.0. The minimum atomic E-state index is -1.25. The third-order valence-corrected chi connectivity index (χ3v) is 3.01. The van der Waals surface area contributed by atoms with Crippen LogP contribution < -0.4 is 0 Å². The number of hydrogen-bond donors (Lipinski definition) is 1. The van der Waals surface area contributed by atoms with Gasteiger partial charge in [0.2, 0.25) is 0 Å². The third-order valence-electron chi connectivity index (χ3n) is 2.65. The monoisotopic (exact) mass is 310 g/mol. The molecule has 0 bridgehead atoms. The van der Waals surface area contributed by atoms with Crippen molar-refractivity contribution < 1.29 is 24.5 Å². The Morgan fingerprint density at radius 3 is 2.71 bits per heavy atom. The van der Waals surface area contributed by atoms with Crippen molar-refractivity contribution in [3.8, 4) is 0 Å². The molecule has 2 aromatic rings. The molecular weight excluding hydrogens is 300 g/mol. The Kier molecular flexibility index (Phi) is 4.56. The van der Waals surface area contributed by atoms with Crippen LogP contribution in [-0.2, 0) is 16.3 Å². The van der Waals surface area contributed by atoms with Gasteiger partial charge >= 0.3 is 11.9 Å². The molecule has 110 valence electrons. The smallest absolute Gasteiger partial charge is 0.390 e. The second-order valence-corrected chi connectivity index (χ2v) is 4.41. The molecule has 7 nitrogen and oxygen atoms in total. The van der Waals surface area contributed by atoms with Crippen LogP contribution in [-0.4, -0.2) is 33.9 Å². The van der Waals surface area contributed by atoms with Gasteiger partial charge in [0.05, 0.1) is 13.7 Å². The molecule has 1 aromatic heterocycles. The number of halogens is 1. The topological polar surface area (TPSA) is 90.7 Å². The fraction of sp³-hybridized carbons (Fsp3) is 0.154. The number of rotatable bonds is 5. The highest BCUT2D eigenvalue weighted by atomic mass is 35.5. The summed E-state index contributed by atoms with van der Waals surface area (Å²) in [6.45, 7) is 0.126. The number of hydrogen-bond acceptors (Lipinski definition) is 5. The van der Waals surface area contributed by atoms with Crippen LogP contribution >= 0.6 is 11.6 Å². The molecule has 0 spiro atoms. The number of benzene rings is 1. The summed E-state index contributed by atoms with van der Waals surface area (Å²) in [6, 6.07) is 8.08. The van der Waals surface area contributed by atoms with Crippen LogP contribution in [0.5, 0.6) is 0 Å². The molecule has 8 heteroatoms. The van der Waals surface area contributed by atoms with Crippen LogP contribution in [0.25, 0.3) is 0 Å². The normalized spacial score (nSPS) is 10.4. The zero-order chi connectivity index (χ0) is 15.4. The highest BCUT2D eigenvalue weighted by Crippen LogP contribution is 2.17. The van der Waals surface area contributed by atoms with E-state index in [4.69, 9.17) is 16.7 Å². The molecule has 0 unspecified atom stereocenters. The van der Waals surface area contributed by atoms with Crippen LogP contribution in [0.4, 0.5) is 0 Å². The number of aromatic carboxylic acids is 1. The first kappa shape index (κ1) is 15.0. The van der Waals surface area contributed by atoms with Gasteiger partial charge in [-0.05, 0) is 11.6 Å². The molecule has 0 fully saturated rings. The van der Waals surface area contributed by atoms with Crippen LogP contribution in [0.3, 0.4) is 0 Å². The van der Waals surface area contributed by atoms with Crippen molar-refractivity contribution >= 4 is 23.5 Å².